The standard InChI is InChI=1S/C15H23N3O5S.ClH/c1-10(2)8-15(3,9-16)17-14(19)11-5-12(18(20)21)7-13(6-11)24(4,22)23;/h5-7,10H,8-9,16H2,1-4H3,(H,17,19);1H. The first-order chi connectivity index (χ1) is 10.9. The molecular formula is C15H24ClN3O5S. The summed E-state index contributed by atoms with van der Waals surface area (Å²) in [6, 6.07) is 3.11. The second-order valence-electron chi connectivity index (χ2n) is 6.56. The molecule has 10 heteroatoms. The molecule has 142 valence electrons. The zero-order valence-electron chi connectivity index (χ0n) is 14.6. The SMILES string of the molecule is CC(C)CC(C)(CN)NC(=O)c1cc([N+](=O)[O-])cc(S(C)(=O)=O)c1.Cl. The molecule has 0 spiro atoms. The lowest BCUT2D eigenvalue weighted by molar-refractivity contribution is -0.385. The molecule has 0 aliphatic rings. The van der Waals surface area contributed by atoms with Gasteiger partial charge in [0.05, 0.1) is 9.82 Å². The number of hydrogen-bond donors (Lipinski definition) is 2. The van der Waals surface area contributed by atoms with Gasteiger partial charge in [-0.2, -0.15) is 0 Å². The Kier molecular flexibility index (Phi) is 8.00. The molecule has 0 radical (unpaired) electrons. The highest BCUT2D eigenvalue weighted by molar-refractivity contribution is 7.90. The van der Waals surface area contributed by atoms with Crippen LogP contribution in [0.5, 0.6) is 0 Å². The van der Waals surface area contributed by atoms with E-state index in [2.05, 4.69) is 5.32 Å². The number of hydrogen-bond acceptors (Lipinski definition) is 6. The molecule has 8 nitrogen and oxygen atoms in total. The van der Waals surface area contributed by atoms with Crippen LogP contribution < -0.4 is 11.1 Å². The molecule has 1 aromatic rings. The molecule has 0 saturated heterocycles. The van der Waals surface area contributed by atoms with Gasteiger partial charge in [0.15, 0.2) is 9.84 Å². The molecule has 0 bridgehead atoms. The summed E-state index contributed by atoms with van der Waals surface area (Å²) in [6.45, 7) is 5.93. The Labute approximate surface area is 153 Å². The molecule has 0 heterocycles. The summed E-state index contributed by atoms with van der Waals surface area (Å²) in [5, 5.41) is 13.8. The Morgan fingerprint density at radius 1 is 1.36 bits per heavy atom. The van der Waals surface area contributed by atoms with E-state index in [1.54, 1.807) is 6.92 Å². The molecule has 0 aliphatic carbocycles. The first kappa shape index (κ1) is 23.3. The first-order valence-electron chi connectivity index (χ1n) is 7.40. The van der Waals surface area contributed by atoms with E-state index < -0.39 is 31.9 Å². The number of nitrogens with zero attached hydrogens (tertiary/aromatic N) is 1. The van der Waals surface area contributed by atoms with Crippen LogP contribution in [0.4, 0.5) is 5.69 Å². The van der Waals surface area contributed by atoms with E-state index >= 15 is 0 Å². The third kappa shape index (κ3) is 6.60. The maximum atomic E-state index is 12.5. The molecule has 25 heavy (non-hydrogen) atoms. The molecule has 0 fully saturated rings. The predicted molar refractivity (Wildman–Crippen MR) is 97.8 cm³/mol. The van der Waals surface area contributed by atoms with Gasteiger partial charge in [-0.25, -0.2) is 8.42 Å². The maximum Gasteiger partial charge on any atom is 0.271 e. The summed E-state index contributed by atoms with van der Waals surface area (Å²) in [6.07, 6.45) is 1.54. The second kappa shape index (κ2) is 8.59. The molecule has 0 saturated carbocycles. The van der Waals surface area contributed by atoms with Gasteiger partial charge in [0, 0.05) is 36.0 Å². The summed E-state index contributed by atoms with van der Waals surface area (Å²) in [5.74, 6) is -0.326. The molecule has 1 amide bonds. The molecule has 3 N–H and O–H groups in total. The Bertz CT molecular complexity index is 752. The highest BCUT2D eigenvalue weighted by Gasteiger charge is 2.27. The number of nitrogens with one attached hydrogen (secondary N) is 1. The van der Waals surface area contributed by atoms with Crippen LogP contribution in [0.1, 0.15) is 37.6 Å². The van der Waals surface area contributed by atoms with Crippen molar-refractivity contribution in [1.29, 1.82) is 0 Å². The second-order valence-corrected chi connectivity index (χ2v) is 8.58. The number of sulfone groups is 1. The third-order valence-corrected chi connectivity index (χ3v) is 4.61. The molecule has 1 rings (SSSR count). The minimum atomic E-state index is -3.69. The van der Waals surface area contributed by atoms with Gasteiger partial charge < -0.3 is 11.1 Å². The van der Waals surface area contributed by atoms with Crippen molar-refractivity contribution in [1.82, 2.24) is 5.32 Å². The fourth-order valence-corrected chi connectivity index (χ4v) is 3.14. The summed E-state index contributed by atoms with van der Waals surface area (Å²) in [5.41, 5.74) is 4.50. The van der Waals surface area contributed by atoms with E-state index in [4.69, 9.17) is 5.73 Å². The Morgan fingerprint density at radius 3 is 2.32 bits per heavy atom. The highest BCUT2D eigenvalue weighted by atomic mass is 35.5. The number of carbonyl (C=O) groups excluding carboxylic acids is 1. The van der Waals surface area contributed by atoms with Crippen molar-refractivity contribution in [2.24, 2.45) is 11.7 Å². The van der Waals surface area contributed by atoms with Gasteiger partial charge in [0.2, 0.25) is 0 Å². The number of benzene rings is 1. The number of nitrogens with two attached hydrogens (primary N) is 1. The van der Waals surface area contributed by atoms with Crippen molar-refractivity contribution in [3.8, 4) is 0 Å². The highest BCUT2D eigenvalue weighted by Crippen LogP contribution is 2.22. The largest absolute Gasteiger partial charge is 0.346 e. The van der Waals surface area contributed by atoms with E-state index in [1.807, 2.05) is 13.8 Å². The van der Waals surface area contributed by atoms with Crippen LogP contribution in [0.25, 0.3) is 0 Å². The normalized spacial score (nSPS) is 13.7. The Balaban J connectivity index is 0.00000576. The first-order valence-corrected chi connectivity index (χ1v) is 9.29. The van der Waals surface area contributed by atoms with E-state index in [1.165, 1.54) is 0 Å². The lowest BCUT2D eigenvalue weighted by Gasteiger charge is -2.31. The minimum absolute atomic E-state index is 0. The number of carbonyl (C=O) groups is 1. The zero-order chi connectivity index (χ0) is 18.7. The Hall–Kier alpha value is -1.71. The summed E-state index contributed by atoms with van der Waals surface area (Å²) >= 11 is 0. The number of rotatable bonds is 7. The zero-order valence-corrected chi connectivity index (χ0v) is 16.2. The number of nitro benzene ring substituents is 1. The smallest absolute Gasteiger partial charge is 0.271 e. The quantitative estimate of drug-likeness (QED) is 0.537. The molecule has 0 aromatic heterocycles. The van der Waals surface area contributed by atoms with E-state index in [-0.39, 0.29) is 35.3 Å². The van der Waals surface area contributed by atoms with Crippen molar-refractivity contribution >= 4 is 33.8 Å². The van der Waals surface area contributed by atoms with Crippen molar-refractivity contribution in [3.63, 3.8) is 0 Å². The summed E-state index contributed by atoms with van der Waals surface area (Å²) in [7, 11) is -3.69. The molecular weight excluding hydrogens is 370 g/mol. The fraction of sp³-hybridized carbons (Fsp3) is 0.533. The monoisotopic (exact) mass is 393 g/mol. The van der Waals surface area contributed by atoms with Crippen LogP contribution >= 0.6 is 12.4 Å². The minimum Gasteiger partial charge on any atom is -0.346 e. The van der Waals surface area contributed by atoms with Gasteiger partial charge in [-0.15, -0.1) is 12.4 Å². The average Bonchev–Trinajstić information content (AvgIpc) is 2.44. The van der Waals surface area contributed by atoms with Crippen LogP contribution in [0.3, 0.4) is 0 Å². The van der Waals surface area contributed by atoms with Gasteiger partial charge in [-0.3, -0.25) is 14.9 Å². The average molecular weight is 394 g/mol. The van der Waals surface area contributed by atoms with E-state index in [0.29, 0.717) is 6.42 Å². The van der Waals surface area contributed by atoms with Crippen molar-refractivity contribution in [2.45, 2.75) is 37.6 Å². The van der Waals surface area contributed by atoms with Gasteiger partial charge in [-0.1, -0.05) is 13.8 Å². The number of halogens is 1. The summed E-state index contributed by atoms with van der Waals surface area (Å²) < 4.78 is 23.4. The molecule has 1 unspecified atom stereocenters. The van der Waals surface area contributed by atoms with Crippen molar-refractivity contribution in [3.05, 3.63) is 33.9 Å². The van der Waals surface area contributed by atoms with Crippen molar-refractivity contribution < 1.29 is 18.1 Å². The van der Waals surface area contributed by atoms with Gasteiger partial charge in [0.25, 0.3) is 11.6 Å². The maximum absolute atomic E-state index is 12.5. The van der Waals surface area contributed by atoms with Crippen LogP contribution in [0.15, 0.2) is 23.1 Å². The summed E-state index contributed by atoms with van der Waals surface area (Å²) in [4.78, 5) is 22.5. The topological polar surface area (TPSA) is 132 Å². The van der Waals surface area contributed by atoms with Crippen LogP contribution in [-0.2, 0) is 9.84 Å². The molecule has 0 aliphatic heterocycles. The van der Waals surface area contributed by atoms with Crippen LogP contribution in [0.2, 0.25) is 0 Å². The predicted octanol–water partition coefficient (Wildman–Crippen LogP) is 1.91. The number of non-ortho nitro benzene ring substituents is 1. The van der Waals surface area contributed by atoms with E-state index in [9.17, 15) is 23.3 Å². The molecule has 1 atom stereocenters. The van der Waals surface area contributed by atoms with Crippen molar-refractivity contribution in [2.75, 3.05) is 12.8 Å². The van der Waals surface area contributed by atoms with Crippen LogP contribution in [0, 0.1) is 16.0 Å². The number of nitro groups is 1. The molecule has 1 aromatic carbocycles. The lowest BCUT2D eigenvalue weighted by Crippen LogP contribution is -2.52. The third-order valence-electron chi connectivity index (χ3n) is 3.52. The number of amides is 1. The van der Waals surface area contributed by atoms with Gasteiger partial charge >= 0.3 is 0 Å². The van der Waals surface area contributed by atoms with Gasteiger partial charge in [0.1, 0.15) is 0 Å². The lowest BCUT2D eigenvalue weighted by atomic mass is 9.90. The van der Waals surface area contributed by atoms with E-state index in [0.717, 1.165) is 24.5 Å². The fourth-order valence-electron chi connectivity index (χ4n) is 2.47. The van der Waals surface area contributed by atoms with Gasteiger partial charge in [-0.05, 0) is 25.3 Å². The van der Waals surface area contributed by atoms with Crippen LogP contribution in [-0.4, -0.2) is 37.6 Å². The Morgan fingerprint density at radius 2 is 1.92 bits per heavy atom.